The molecule has 114 valence electrons. The third kappa shape index (κ3) is 4.22. The maximum absolute atomic E-state index is 12.1. The molecule has 0 aliphatic heterocycles. The summed E-state index contributed by atoms with van der Waals surface area (Å²) in [4.78, 5) is 23.1. The molecule has 1 atom stereocenters. The van der Waals surface area contributed by atoms with E-state index in [4.69, 9.17) is 11.6 Å². The summed E-state index contributed by atoms with van der Waals surface area (Å²) in [6.45, 7) is 1.76. The second kappa shape index (κ2) is 7.29. The van der Waals surface area contributed by atoms with Gasteiger partial charge in [-0.2, -0.15) is 0 Å². The molecule has 7 heteroatoms. The second-order valence-corrected chi connectivity index (χ2v) is 6.30. The first-order valence-corrected chi connectivity index (χ1v) is 7.69. The molecule has 0 saturated heterocycles. The van der Waals surface area contributed by atoms with Crippen LogP contribution in [0.3, 0.4) is 0 Å². The van der Waals surface area contributed by atoms with Gasteiger partial charge < -0.3 is 5.32 Å². The number of nitrogens with one attached hydrogen (secondary N) is 1. The Labute approximate surface area is 136 Å². The number of halogens is 1. The highest BCUT2D eigenvalue weighted by Crippen LogP contribution is 2.27. The van der Waals surface area contributed by atoms with Gasteiger partial charge in [-0.3, -0.25) is 14.9 Å². The van der Waals surface area contributed by atoms with Crippen LogP contribution in [0.25, 0.3) is 0 Å². The van der Waals surface area contributed by atoms with E-state index in [9.17, 15) is 14.9 Å². The Balaban J connectivity index is 1.99. The first kappa shape index (κ1) is 16.3. The number of nitro benzene ring substituents is 1. The Bertz CT molecular complexity index is 691. The molecule has 0 aliphatic rings. The van der Waals surface area contributed by atoms with Gasteiger partial charge in [0.05, 0.1) is 20.9 Å². The van der Waals surface area contributed by atoms with Crippen molar-refractivity contribution in [2.45, 2.75) is 17.1 Å². The average molecular weight is 337 g/mol. The predicted octanol–water partition coefficient (Wildman–Crippen LogP) is 4.37. The van der Waals surface area contributed by atoms with Crippen molar-refractivity contribution >= 4 is 40.6 Å². The van der Waals surface area contributed by atoms with Crippen LogP contribution in [0.15, 0.2) is 53.4 Å². The van der Waals surface area contributed by atoms with Crippen LogP contribution in [0, 0.1) is 10.1 Å². The predicted molar refractivity (Wildman–Crippen MR) is 88.5 cm³/mol. The van der Waals surface area contributed by atoms with E-state index in [-0.39, 0.29) is 16.8 Å². The van der Waals surface area contributed by atoms with Crippen LogP contribution in [0.2, 0.25) is 5.02 Å². The number of nitro groups is 1. The van der Waals surface area contributed by atoms with E-state index in [1.54, 1.807) is 43.3 Å². The molecule has 0 saturated carbocycles. The zero-order chi connectivity index (χ0) is 16.1. The quantitative estimate of drug-likeness (QED) is 0.500. The van der Waals surface area contributed by atoms with Crippen molar-refractivity contribution in [2.24, 2.45) is 0 Å². The van der Waals surface area contributed by atoms with E-state index in [1.165, 1.54) is 23.9 Å². The number of thioether (sulfide) groups is 1. The van der Waals surface area contributed by atoms with Gasteiger partial charge in [-0.05, 0) is 31.2 Å². The van der Waals surface area contributed by atoms with E-state index in [0.29, 0.717) is 10.7 Å². The molecule has 2 aromatic carbocycles. The summed E-state index contributed by atoms with van der Waals surface area (Å²) in [6, 6.07) is 13.1. The van der Waals surface area contributed by atoms with Gasteiger partial charge in [0.2, 0.25) is 5.91 Å². The fraction of sp³-hybridized carbons (Fsp3) is 0.133. The molecule has 0 spiro atoms. The summed E-state index contributed by atoms with van der Waals surface area (Å²) < 4.78 is 0. The summed E-state index contributed by atoms with van der Waals surface area (Å²) >= 11 is 7.31. The number of hydrogen-bond acceptors (Lipinski definition) is 4. The standard InChI is InChI=1S/C15H13ClN2O3S/c1-10(15(19)17-14-5-3-2-4-13(14)16)22-12-8-6-11(7-9-12)18(20)21/h2-10H,1H3,(H,17,19). The molecule has 0 bridgehead atoms. The van der Waals surface area contributed by atoms with Crippen molar-refractivity contribution in [1.82, 2.24) is 0 Å². The van der Waals surface area contributed by atoms with E-state index < -0.39 is 4.92 Å². The van der Waals surface area contributed by atoms with E-state index in [2.05, 4.69) is 5.32 Å². The highest BCUT2D eigenvalue weighted by atomic mass is 35.5. The molecule has 2 rings (SSSR count). The van der Waals surface area contributed by atoms with Gasteiger partial charge in [-0.15, -0.1) is 11.8 Å². The second-order valence-electron chi connectivity index (χ2n) is 4.48. The fourth-order valence-electron chi connectivity index (χ4n) is 1.70. The molecule has 0 heterocycles. The van der Waals surface area contributed by atoms with Crippen LogP contribution in [0.5, 0.6) is 0 Å². The summed E-state index contributed by atoms with van der Waals surface area (Å²) in [5, 5.41) is 13.5. The summed E-state index contributed by atoms with van der Waals surface area (Å²) in [7, 11) is 0. The maximum atomic E-state index is 12.1. The molecule has 5 nitrogen and oxygen atoms in total. The highest BCUT2D eigenvalue weighted by Gasteiger charge is 2.16. The van der Waals surface area contributed by atoms with Gasteiger partial charge in [-0.1, -0.05) is 23.7 Å². The number of nitrogens with zero attached hydrogens (tertiary/aromatic N) is 1. The molecule has 2 aromatic rings. The van der Waals surface area contributed by atoms with Crippen molar-refractivity contribution < 1.29 is 9.72 Å². The topological polar surface area (TPSA) is 72.2 Å². The van der Waals surface area contributed by atoms with Crippen molar-refractivity contribution in [3.8, 4) is 0 Å². The van der Waals surface area contributed by atoms with E-state index in [1.807, 2.05) is 0 Å². The lowest BCUT2D eigenvalue weighted by atomic mass is 10.3. The SMILES string of the molecule is CC(Sc1ccc([N+](=O)[O-])cc1)C(=O)Nc1ccccc1Cl. The van der Waals surface area contributed by atoms with Gasteiger partial charge in [0.25, 0.3) is 5.69 Å². The van der Waals surface area contributed by atoms with Crippen LogP contribution in [0.1, 0.15) is 6.92 Å². The zero-order valence-corrected chi connectivity index (χ0v) is 13.2. The molecule has 1 unspecified atom stereocenters. The Morgan fingerprint density at radius 3 is 2.45 bits per heavy atom. The lowest BCUT2D eigenvalue weighted by molar-refractivity contribution is -0.384. The minimum Gasteiger partial charge on any atom is -0.324 e. The van der Waals surface area contributed by atoms with Crippen LogP contribution in [-0.4, -0.2) is 16.1 Å². The Kier molecular flexibility index (Phi) is 5.41. The van der Waals surface area contributed by atoms with Crippen molar-refractivity contribution in [1.29, 1.82) is 0 Å². The molecular weight excluding hydrogens is 324 g/mol. The molecular formula is C15H13ClN2O3S. The number of rotatable bonds is 5. The van der Waals surface area contributed by atoms with Gasteiger partial charge in [0.1, 0.15) is 0 Å². The molecule has 1 amide bonds. The lowest BCUT2D eigenvalue weighted by Crippen LogP contribution is -2.22. The molecule has 0 aromatic heterocycles. The van der Waals surface area contributed by atoms with Crippen molar-refractivity contribution in [3.63, 3.8) is 0 Å². The first-order valence-electron chi connectivity index (χ1n) is 6.44. The molecule has 22 heavy (non-hydrogen) atoms. The zero-order valence-electron chi connectivity index (χ0n) is 11.7. The smallest absolute Gasteiger partial charge is 0.269 e. The number of non-ortho nitro benzene ring substituents is 1. The van der Waals surface area contributed by atoms with Gasteiger partial charge in [-0.25, -0.2) is 0 Å². The summed E-state index contributed by atoms with van der Waals surface area (Å²) in [5.74, 6) is -0.184. The van der Waals surface area contributed by atoms with Crippen LogP contribution < -0.4 is 5.32 Å². The van der Waals surface area contributed by atoms with Crippen LogP contribution in [-0.2, 0) is 4.79 Å². The van der Waals surface area contributed by atoms with Crippen molar-refractivity contribution in [2.75, 3.05) is 5.32 Å². The normalized spacial score (nSPS) is 11.7. The van der Waals surface area contributed by atoms with Crippen LogP contribution >= 0.6 is 23.4 Å². The minimum atomic E-state index is -0.456. The summed E-state index contributed by atoms with van der Waals surface area (Å²) in [5.41, 5.74) is 0.586. The third-order valence-electron chi connectivity index (χ3n) is 2.86. The fourth-order valence-corrected chi connectivity index (χ4v) is 2.75. The van der Waals surface area contributed by atoms with E-state index >= 15 is 0 Å². The number of carbonyl (C=O) groups is 1. The Morgan fingerprint density at radius 2 is 1.86 bits per heavy atom. The molecule has 0 radical (unpaired) electrons. The minimum absolute atomic E-state index is 0.0255. The van der Waals surface area contributed by atoms with Crippen molar-refractivity contribution in [3.05, 3.63) is 63.7 Å². The third-order valence-corrected chi connectivity index (χ3v) is 4.30. The monoisotopic (exact) mass is 336 g/mol. The molecule has 1 N–H and O–H groups in total. The van der Waals surface area contributed by atoms with Gasteiger partial charge in [0.15, 0.2) is 0 Å². The number of hydrogen-bond donors (Lipinski definition) is 1. The molecule has 0 fully saturated rings. The van der Waals surface area contributed by atoms with Crippen LogP contribution in [0.4, 0.5) is 11.4 Å². The average Bonchev–Trinajstić information content (AvgIpc) is 2.50. The largest absolute Gasteiger partial charge is 0.324 e. The number of para-hydroxylation sites is 1. The van der Waals surface area contributed by atoms with Gasteiger partial charge in [0, 0.05) is 17.0 Å². The lowest BCUT2D eigenvalue weighted by Gasteiger charge is -2.12. The first-order chi connectivity index (χ1) is 10.5. The number of anilines is 1. The number of amides is 1. The van der Waals surface area contributed by atoms with E-state index in [0.717, 1.165) is 4.90 Å². The Morgan fingerprint density at radius 1 is 1.23 bits per heavy atom. The number of carbonyl (C=O) groups excluding carboxylic acids is 1. The maximum Gasteiger partial charge on any atom is 0.269 e. The number of benzene rings is 2. The molecule has 0 aliphatic carbocycles. The highest BCUT2D eigenvalue weighted by molar-refractivity contribution is 8.00. The van der Waals surface area contributed by atoms with Gasteiger partial charge >= 0.3 is 0 Å². The Hall–Kier alpha value is -2.05. The summed E-state index contributed by atoms with van der Waals surface area (Å²) in [6.07, 6.45) is 0.